The number of hydrogen-bond acceptors (Lipinski definition) is 2. The number of carboxylic acids is 1. The summed E-state index contributed by atoms with van der Waals surface area (Å²) in [5.74, 6) is -0.986. The quantitative estimate of drug-likeness (QED) is 0.763. The van der Waals surface area contributed by atoms with Crippen molar-refractivity contribution in [2.24, 2.45) is 5.92 Å². The van der Waals surface area contributed by atoms with Crippen LogP contribution >= 0.6 is 15.9 Å². The molecule has 22 heavy (non-hydrogen) atoms. The zero-order valence-electron chi connectivity index (χ0n) is 12.6. The smallest absolute Gasteiger partial charge is 0.315 e. The van der Waals surface area contributed by atoms with Crippen molar-refractivity contribution >= 4 is 27.9 Å². The fourth-order valence-electron chi connectivity index (χ4n) is 2.72. The van der Waals surface area contributed by atoms with E-state index in [4.69, 9.17) is 5.11 Å². The molecule has 0 heterocycles. The van der Waals surface area contributed by atoms with Crippen LogP contribution in [0.1, 0.15) is 36.8 Å². The minimum atomic E-state index is -0.728. The number of carbonyl (C=O) groups is 2. The van der Waals surface area contributed by atoms with Crippen LogP contribution in [0.2, 0.25) is 0 Å². The SMILES string of the molecule is Cc1cc(CNC(=O)NC2CCC(C(=O)O)CC2)ccc1Br. The first-order valence-electron chi connectivity index (χ1n) is 7.48. The number of carbonyl (C=O) groups excluding carboxylic acids is 1. The third-order valence-corrected chi connectivity index (χ3v) is 4.98. The van der Waals surface area contributed by atoms with Gasteiger partial charge >= 0.3 is 12.0 Å². The van der Waals surface area contributed by atoms with Gasteiger partial charge in [0, 0.05) is 17.1 Å². The number of urea groups is 1. The predicted molar refractivity (Wildman–Crippen MR) is 87.6 cm³/mol. The Morgan fingerprint density at radius 3 is 2.55 bits per heavy atom. The van der Waals surface area contributed by atoms with Gasteiger partial charge in [0.15, 0.2) is 0 Å². The van der Waals surface area contributed by atoms with Crippen molar-refractivity contribution in [3.8, 4) is 0 Å². The van der Waals surface area contributed by atoms with Crippen LogP contribution in [0.4, 0.5) is 4.79 Å². The Morgan fingerprint density at radius 2 is 1.95 bits per heavy atom. The molecule has 6 heteroatoms. The lowest BCUT2D eigenvalue weighted by atomic mass is 9.86. The molecule has 0 radical (unpaired) electrons. The van der Waals surface area contributed by atoms with Gasteiger partial charge in [-0.05, 0) is 49.8 Å². The van der Waals surface area contributed by atoms with E-state index in [-0.39, 0.29) is 18.0 Å². The molecule has 1 fully saturated rings. The van der Waals surface area contributed by atoms with E-state index in [0.29, 0.717) is 19.4 Å². The van der Waals surface area contributed by atoms with Crippen molar-refractivity contribution in [2.45, 2.75) is 45.2 Å². The molecular formula is C16H21BrN2O3. The number of aliphatic carboxylic acids is 1. The van der Waals surface area contributed by atoms with Gasteiger partial charge in [-0.3, -0.25) is 4.79 Å². The number of nitrogens with one attached hydrogen (secondary N) is 2. The van der Waals surface area contributed by atoms with Crippen LogP contribution in [0.25, 0.3) is 0 Å². The first-order chi connectivity index (χ1) is 10.5. The van der Waals surface area contributed by atoms with Gasteiger partial charge in [0.05, 0.1) is 5.92 Å². The first-order valence-corrected chi connectivity index (χ1v) is 8.27. The molecule has 5 nitrogen and oxygen atoms in total. The van der Waals surface area contributed by atoms with E-state index in [2.05, 4.69) is 26.6 Å². The molecule has 0 aromatic heterocycles. The average molecular weight is 369 g/mol. The average Bonchev–Trinajstić information content (AvgIpc) is 2.49. The van der Waals surface area contributed by atoms with Crippen molar-refractivity contribution in [3.05, 3.63) is 33.8 Å². The van der Waals surface area contributed by atoms with Crippen LogP contribution in [0, 0.1) is 12.8 Å². The molecule has 1 aromatic carbocycles. The second-order valence-electron chi connectivity index (χ2n) is 5.80. The lowest BCUT2D eigenvalue weighted by Gasteiger charge is -2.26. The molecule has 2 rings (SSSR count). The summed E-state index contributed by atoms with van der Waals surface area (Å²) in [6, 6.07) is 5.84. The molecule has 2 amide bonds. The standard InChI is InChI=1S/C16H21BrN2O3/c1-10-8-11(2-7-14(10)17)9-18-16(22)19-13-5-3-12(4-6-13)15(20)21/h2,7-8,12-13H,3-6,9H2,1H3,(H,20,21)(H2,18,19,22). The van der Waals surface area contributed by atoms with Crippen molar-refractivity contribution < 1.29 is 14.7 Å². The summed E-state index contributed by atoms with van der Waals surface area (Å²) in [7, 11) is 0. The number of halogens is 1. The molecule has 1 aliphatic carbocycles. The molecule has 0 unspecified atom stereocenters. The first kappa shape index (κ1) is 16.8. The number of aryl methyl sites for hydroxylation is 1. The molecule has 0 saturated heterocycles. The Hall–Kier alpha value is -1.56. The summed E-state index contributed by atoms with van der Waals surface area (Å²) in [4.78, 5) is 22.8. The Bertz CT molecular complexity index is 554. The van der Waals surface area contributed by atoms with E-state index >= 15 is 0 Å². The second kappa shape index (κ2) is 7.63. The van der Waals surface area contributed by atoms with E-state index in [1.807, 2.05) is 25.1 Å². The second-order valence-corrected chi connectivity index (χ2v) is 6.65. The molecule has 0 aliphatic heterocycles. The lowest BCUT2D eigenvalue weighted by molar-refractivity contribution is -0.142. The maximum Gasteiger partial charge on any atom is 0.315 e. The summed E-state index contributed by atoms with van der Waals surface area (Å²) in [6.45, 7) is 2.49. The van der Waals surface area contributed by atoms with Crippen LogP contribution in [-0.4, -0.2) is 23.1 Å². The normalized spacial score (nSPS) is 21.2. The topological polar surface area (TPSA) is 78.4 Å². The molecule has 0 spiro atoms. The summed E-state index contributed by atoms with van der Waals surface area (Å²) in [5.41, 5.74) is 2.18. The zero-order valence-corrected chi connectivity index (χ0v) is 14.1. The van der Waals surface area contributed by atoms with Crippen LogP contribution < -0.4 is 10.6 Å². The van der Waals surface area contributed by atoms with Gasteiger partial charge in [0.2, 0.25) is 0 Å². The van der Waals surface area contributed by atoms with Crippen LogP contribution in [0.3, 0.4) is 0 Å². The molecule has 3 N–H and O–H groups in total. The van der Waals surface area contributed by atoms with Gasteiger partial charge in [0.1, 0.15) is 0 Å². The number of benzene rings is 1. The number of rotatable bonds is 4. The molecule has 1 saturated carbocycles. The van der Waals surface area contributed by atoms with Crippen molar-refractivity contribution in [2.75, 3.05) is 0 Å². The van der Waals surface area contributed by atoms with Crippen molar-refractivity contribution in [1.82, 2.24) is 10.6 Å². The monoisotopic (exact) mass is 368 g/mol. The Balaban J connectivity index is 1.74. The Morgan fingerprint density at radius 1 is 1.27 bits per heavy atom. The van der Waals surface area contributed by atoms with Gasteiger partial charge in [0.25, 0.3) is 0 Å². The molecular weight excluding hydrogens is 348 g/mol. The fraction of sp³-hybridized carbons (Fsp3) is 0.500. The van der Waals surface area contributed by atoms with E-state index in [1.165, 1.54) is 0 Å². The summed E-state index contributed by atoms with van der Waals surface area (Å²) in [5, 5.41) is 14.7. The molecule has 1 aliphatic rings. The van der Waals surface area contributed by atoms with E-state index in [1.54, 1.807) is 0 Å². The molecule has 120 valence electrons. The maximum atomic E-state index is 11.9. The fourth-order valence-corrected chi connectivity index (χ4v) is 2.97. The van der Waals surface area contributed by atoms with Gasteiger partial charge in [-0.15, -0.1) is 0 Å². The molecule has 0 atom stereocenters. The summed E-state index contributed by atoms with van der Waals surface area (Å²) >= 11 is 3.45. The largest absolute Gasteiger partial charge is 0.481 e. The summed E-state index contributed by atoms with van der Waals surface area (Å²) in [6.07, 6.45) is 2.71. The highest BCUT2D eigenvalue weighted by molar-refractivity contribution is 9.10. The Kier molecular flexibility index (Phi) is 5.83. The molecule has 1 aromatic rings. The highest BCUT2D eigenvalue weighted by Crippen LogP contribution is 2.24. The lowest BCUT2D eigenvalue weighted by Crippen LogP contribution is -2.43. The number of hydrogen-bond donors (Lipinski definition) is 3. The van der Waals surface area contributed by atoms with Gasteiger partial charge in [-0.2, -0.15) is 0 Å². The van der Waals surface area contributed by atoms with Gasteiger partial charge < -0.3 is 15.7 Å². The van der Waals surface area contributed by atoms with Gasteiger partial charge in [-0.1, -0.05) is 28.1 Å². The Labute approximate surface area is 138 Å². The van der Waals surface area contributed by atoms with E-state index < -0.39 is 5.97 Å². The van der Waals surface area contributed by atoms with Crippen molar-refractivity contribution in [1.29, 1.82) is 0 Å². The third-order valence-electron chi connectivity index (χ3n) is 4.09. The maximum absolute atomic E-state index is 11.9. The highest BCUT2D eigenvalue weighted by atomic mass is 79.9. The minimum Gasteiger partial charge on any atom is -0.481 e. The summed E-state index contributed by atoms with van der Waals surface area (Å²) < 4.78 is 1.05. The minimum absolute atomic E-state index is 0.0715. The molecule has 0 bridgehead atoms. The number of amides is 2. The van der Waals surface area contributed by atoms with Gasteiger partial charge in [-0.25, -0.2) is 4.79 Å². The van der Waals surface area contributed by atoms with Crippen LogP contribution in [-0.2, 0) is 11.3 Å². The number of carboxylic acid groups (broad SMARTS) is 1. The highest BCUT2D eigenvalue weighted by Gasteiger charge is 2.26. The van der Waals surface area contributed by atoms with Crippen LogP contribution in [0.15, 0.2) is 22.7 Å². The third kappa shape index (κ3) is 4.73. The zero-order chi connectivity index (χ0) is 16.1. The predicted octanol–water partition coefficient (Wildman–Crippen LogP) is 3.20. The van der Waals surface area contributed by atoms with Crippen LogP contribution in [0.5, 0.6) is 0 Å². The van der Waals surface area contributed by atoms with Crippen molar-refractivity contribution in [3.63, 3.8) is 0 Å². The van der Waals surface area contributed by atoms with E-state index in [0.717, 1.165) is 28.4 Å². The van der Waals surface area contributed by atoms with E-state index in [9.17, 15) is 9.59 Å².